The number of Topliss-reactive ketones (excluding diaryl/α,β-unsaturated/α-hetero) is 1. The summed E-state index contributed by atoms with van der Waals surface area (Å²) in [4.78, 5) is 15.8. The molecular weight excluding hydrogens is 342 g/mol. The molecule has 0 radical (unpaired) electrons. The quantitative estimate of drug-likeness (QED) is 0.571. The topological polar surface area (TPSA) is 39.2 Å². The average Bonchev–Trinajstić information content (AvgIpc) is 3.04. The summed E-state index contributed by atoms with van der Waals surface area (Å²) in [5, 5.41) is 3.31. The molecule has 0 saturated carbocycles. The zero-order valence-corrected chi connectivity index (χ0v) is 14.7. The van der Waals surface area contributed by atoms with Crippen molar-refractivity contribution in [2.24, 2.45) is 0 Å². The second-order valence-corrected chi connectivity index (χ2v) is 6.76. The van der Waals surface area contributed by atoms with Crippen LogP contribution in [0, 0.1) is 0 Å². The lowest BCUT2D eigenvalue weighted by Crippen LogP contribution is -2.00. The first-order valence-corrected chi connectivity index (χ1v) is 8.78. The number of carbonyl (C=O) groups is 1. The molecule has 24 heavy (non-hydrogen) atoms. The lowest BCUT2D eigenvalue weighted by Gasteiger charge is -2.11. The maximum Gasteiger partial charge on any atom is 0.178 e. The standard InChI is InChI=1S/C19H16ClNO2S/c1-13(22)17-12-24-19(21-17)10-15-9-16(20)7-8-18(15)23-11-14-5-3-2-4-6-14/h2-9,12H,10-11H2,1H3. The van der Waals surface area contributed by atoms with Gasteiger partial charge in [0, 0.05) is 29.3 Å². The van der Waals surface area contributed by atoms with Gasteiger partial charge in [-0.15, -0.1) is 11.3 Å². The van der Waals surface area contributed by atoms with Crippen LogP contribution in [0.1, 0.15) is 33.5 Å². The van der Waals surface area contributed by atoms with Crippen molar-refractivity contribution in [3.63, 3.8) is 0 Å². The zero-order chi connectivity index (χ0) is 16.9. The molecule has 2 aromatic carbocycles. The minimum absolute atomic E-state index is 0.0239. The molecule has 3 rings (SSSR count). The maximum absolute atomic E-state index is 11.4. The van der Waals surface area contributed by atoms with Gasteiger partial charge in [0.2, 0.25) is 0 Å². The molecule has 122 valence electrons. The van der Waals surface area contributed by atoms with Crippen molar-refractivity contribution in [3.05, 3.63) is 80.8 Å². The van der Waals surface area contributed by atoms with Crippen LogP contribution in [0.3, 0.4) is 0 Å². The SMILES string of the molecule is CC(=O)c1csc(Cc2cc(Cl)ccc2OCc2ccccc2)n1. The minimum Gasteiger partial charge on any atom is -0.489 e. The summed E-state index contributed by atoms with van der Waals surface area (Å²) in [5.74, 6) is 0.756. The van der Waals surface area contributed by atoms with Crippen LogP contribution in [0.25, 0.3) is 0 Å². The fraction of sp³-hybridized carbons (Fsp3) is 0.158. The van der Waals surface area contributed by atoms with Crippen LogP contribution in [0.5, 0.6) is 5.75 Å². The van der Waals surface area contributed by atoms with E-state index in [0.29, 0.717) is 23.7 Å². The van der Waals surface area contributed by atoms with Gasteiger partial charge in [-0.1, -0.05) is 41.9 Å². The first-order chi connectivity index (χ1) is 11.6. The Labute approximate surface area is 149 Å². The van der Waals surface area contributed by atoms with Crippen LogP contribution >= 0.6 is 22.9 Å². The molecule has 0 aliphatic carbocycles. The Kier molecular flexibility index (Phi) is 5.28. The third-order valence-corrected chi connectivity index (χ3v) is 4.60. The Morgan fingerprint density at radius 1 is 1.21 bits per heavy atom. The highest BCUT2D eigenvalue weighted by Gasteiger charge is 2.11. The second kappa shape index (κ2) is 7.60. The van der Waals surface area contributed by atoms with Gasteiger partial charge in [-0.25, -0.2) is 4.98 Å². The summed E-state index contributed by atoms with van der Waals surface area (Å²) in [5.41, 5.74) is 2.57. The summed E-state index contributed by atoms with van der Waals surface area (Å²) in [6.45, 7) is 2.01. The number of rotatable bonds is 6. The number of halogens is 1. The fourth-order valence-corrected chi connectivity index (χ4v) is 3.33. The summed E-state index contributed by atoms with van der Waals surface area (Å²) in [6.07, 6.45) is 0.586. The summed E-state index contributed by atoms with van der Waals surface area (Å²) in [6, 6.07) is 15.6. The van der Waals surface area contributed by atoms with Crippen molar-refractivity contribution in [1.82, 2.24) is 4.98 Å². The van der Waals surface area contributed by atoms with E-state index < -0.39 is 0 Å². The van der Waals surface area contributed by atoms with Gasteiger partial charge in [-0.05, 0) is 23.8 Å². The molecule has 0 bridgehead atoms. The van der Waals surface area contributed by atoms with E-state index in [2.05, 4.69) is 4.98 Å². The minimum atomic E-state index is -0.0239. The van der Waals surface area contributed by atoms with E-state index in [1.165, 1.54) is 18.3 Å². The fourth-order valence-electron chi connectivity index (χ4n) is 2.28. The van der Waals surface area contributed by atoms with E-state index in [1.807, 2.05) is 48.5 Å². The molecule has 0 aliphatic rings. The van der Waals surface area contributed by atoms with Gasteiger partial charge in [-0.2, -0.15) is 0 Å². The predicted molar refractivity (Wildman–Crippen MR) is 97.2 cm³/mol. The molecule has 5 heteroatoms. The highest BCUT2D eigenvalue weighted by atomic mass is 35.5. The number of aromatic nitrogens is 1. The Hall–Kier alpha value is -2.17. The summed E-state index contributed by atoms with van der Waals surface area (Å²) in [7, 11) is 0. The third kappa shape index (κ3) is 4.22. The van der Waals surface area contributed by atoms with Gasteiger partial charge >= 0.3 is 0 Å². The smallest absolute Gasteiger partial charge is 0.178 e. The van der Waals surface area contributed by atoms with Crippen molar-refractivity contribution in [2.45, 2.75) is 20.0 Å². The number of ketones is 1. The molecule has 3 aromatic rings. The zero-order valence-electron chi connectivity index (χ0n) is 13.2. The Bertz CT molecular complexity index is 846. The maximum atomic E-state index is 11.4. The highest BCUT2D eigenvalue weighted by Crippen LogP contribution is 2.27. The van der Waals surface area contributed by atoms with Crippen molar-refractivity contribution in [3.8, 4) is 5.75 Å². The number of thiazole rings is 1. The lowest BCUT2D eigenvalue weighted by molar-refractivity contribution is 0.101. The molecule has 3 nitrogen and oxygen atoms in total. The molecular formula is C19H16ClNO2S. The van der Waals surface area contributed by atoms with Gasteiger partial charge in [0.1, 0.15) is 18.1 Å². The van der Waals surface area contributed by atoms with Crippen LogP contribution in [-0.4, -0.2) is 10.8 Å². The van der Waals surface area contributed by atoms with Gasteiger partial charge in [0.05, 0.1) is 5.01 Å². The van der Waals surface area contributed by atoms with E-state index in [9.17, 15) is 4.79 Å². The van der Waals surface area contributed by atoms with Crippen molar-refractivity contribution in [2.75, 3.05) is 0 Å². The summed E-state index contributed by atoms with van der Waals surface area (Å²) >= 11 is 7.60. The van der Waals surface area contributed by atoms with Crippen molar-refractivity contribution < 1.29 is 9.53 Å². The largest absolute Gasteiger partial charge is 0.489 e. The molecule has 0 saturated heterocycles. The van der Waals surface area contributed by atoms with Crippen LogP contribution in [0.4, 0.5) is 0 Å². The van der Waals surface area contributed by atoms with Gasteiger partial charge in [0.15, 0.2) is 5.78 Å². The Balaban J connectivity index is 1.78. The monoisotopic (exact) mass is 357 g/mol. The molecule has 0 aliphatic heterocycles. The van der Waals surface area contributed by atoms with Crippen LogP contribution in [0.2, 0.25) is 5.02 Å². The van der Waals surface area contributed by atoms with Crippen LogP contribution in [-0.2, 0) is 13.0 Å². The first-order valence-electron chi connectivity index (χ1n) is 7.52. The number of ether oxygens (including phenoxy) is 1. The number of hydrogen-bond donors (Lipinski definition) is 0. The molecule has 1 heterocycles. The third-order valence-electron chi connectivity index (χ3n) is 3.51. The molecule has 0 spiro atoms. The normalized spacial score (nSPS) is 10.6. The lowest BCUT2D eigenvalue weighted by atomic mass is 10.1. The molecule has 0 amide bonds. The van der Waals surface area contributed by atoms with Gasteiger partial charge < -0.3 is 4.74 Å². The highest BCUT2D eigenvalue weighted by molar-refractivity contribution is 7.09. The number of nitrogens with zero attached hydrogens (tertiary/aromatic N) is 1. The average molecular weight is 358 g/mol. The summed E-state index contributed by atoms with van der Waals surface area (Å²) < 4.78 is 5.96. The Morgan fingerprint density at radius 2 is 2.00 bits per heavy atom. The van der Waals surface area contributed by atoms with Crippen molar-refractivity contribution >= 4 is 28.7 Å². The van der Waals surface area contributed by atoms with E-state index in [-0.39, 0.29) is 5.78 Å². The first kappa shape index (κ1) is 16.7. The van der Waals surface area contributed by atoms with E-state index in [1.54, 1.807) is 5.38 Å². The van der Waals surface area contributed by atoms with Crippen LogP contribution < -0.4 is 4.74 Å². The molecule has 0 atom stereocenters. The predicted octanol–water partition coefficient (Wildman–Crippen LogP) is 5.17. The van der Waals surface area contributed by atoms with Crippen molar-refractivity contribution in [1.29, 1.82) is 0 Å². The second-order valence-electron chi connectivity index (χ2n) is 5.39. The molecule has 1 aromatic heterocycles. The van der Waals surface area contributed by atoms with E-state index in [4.69, 9.17) is 16.3 Å². The van der Waals surface area contributed by atoms with E-state index >= 15 is 0 Å². The molecule has 0 N–H and O–H groups in total. The van der Waals surface area contributed by atoms with E-state index in [0.717, 1.165) is 21.9 Å². The number of benzene rings is 2. The number of carbonyl (C=O) groups excluding carboxylic acids is 1. The van der Waals surface area contributed by atoms with Gasteiger partial charge in [-0.3, -0.25) is 4.79 Å². The van der Waals surface area contributed by atoms with Gasteiger partial charge in [0.25, 0.3) is 0 Å². The Morgan fingerprint density at radius 3 is 2.71 bits per heavy atom. The molecule has 0 unspecified atom stereocenters. The molecule has 0 fully saturated rings. The van der Waals surface area contributed by atoms with Crippen LogP contribution in [0.15, 0.2) is 53.9 Å². The number of hydrogen-bond acceptors (Lipinski definition) is 4.